The molecule has 1 unspecified atom stereocenters. The molecular weight excluding hydrogens is 382 g/mol. The van der Waals surface area contributed by atoms with Crippen molar-refractivity contribution in [1.29, 1.82) is 0 Å². The van der Waals surface area contributed by atoms with Crippen molar-refractivity contribution in [3.8, 4) is 0 Å². The van der Waals surface area contributed by atoms with Gasteiger partial charge in [0.25, 0.3) is 17.5 Å². The second kappa shape index (κ2) is 8.10. The number of nitrogens with one attached hydrogen (secondary N) is 1. The van der Waals surface area contributed by atoms with Crippen molar-refractivity contribution >= 4 is 23.1 Å². The van der Waals surface area contributed by atoms with Crippen LogP contribution in [0.2, 0.25) is 0 Å². The Morgan fingerprint density at radius 1 is 1.13 bits per heavy atom. The summed E-state index contributed by atoms with van der Waals surface area (Å²) in [5, 5.41) is 14.5. The van der Waals surface area contributed by atoms with Crippen LogP contribution in [-0.4, -0.2) is 34.2 Å². The van der Waals surface area contributed by atoms with Crippen LogP contribution in [0.4, 0.5) is 5.69 Å². The van der Waals surface area contributed by atoms with Gasteiger partial charge >= 0.3 is 0 Å². The number of allylic oxidation sites excluding steroid dienone is 1. The summed E-state index contributed by atoms with van der Waals surface area (Å²) in [6, 6.07) is 14.3. The number of nitro groups is 1. The molecule has 0 saturated carbocycles. The molecule has 0 aromatic heterocycles. The number of carbonyl (C=O) groups is 2. The number of rotatable bonds is 5. The highest BCUT2D eigenvalue weighted by molar-refractivity contribution is 6.11. The van der Waals surface area contributed by atoms with Crippen LogP contribution in [0.25, 0.3) is 5.57 Å². The number of benzene rings is 2. The molecule has 7 heteroatoms. The first-order valence-corrected chi connectivity index (χ1v) is 9.81. The number of nitrogens with zero attached hydrogens (tertiary/aromatic N) is 2. The summed E-state index contributed by atoms with van der Waals surface area (Å²) < 4.78 is 0. The highest BCUT2D eigenvalue weighted by atomic mass is 16.6. The third kappa shape index (κ3) is 3.58. The van der Waals surface area contributed by atoms with E-state index in [2.05, 4.69) is 5.32 Å². The van der Waals surface area contributed by atoms with Gasteiger partial charge < -0.3 is 10.2 Å². The van der Waals surface area contributed by atoms with Gasteiger partial charge in [0, 0.05) is 19.5 Å². The minimum Gasteiger partial charge on any atom is -0.336 e. The third-order valence-corrected chi connectivity index (χ3v) is 5.75. The lowest BCUT2D eigenvalue weighted by molar-refractivity contribution is -0.385. The number of aryl methyl sites for hydroxylation is 1. The van der Waals surface area contributed by atoms with E-state index in [0.717, 1.165) is 5.56 Å². The number of nitro benzene ring substituents is 1. The Morgan fingerprint density at radius 3 is 2.40 bits per heavy atom. The van der Waals surface area contributed by atoms with Crippen molar-refractivity contribution in [2.24, 2.45) is 0 Å². The van der Waals surface area contributed by atoms with Crippen LogP contribution in [0.1, 0.15) is 37.0 Å². The van der Waals surface area contributed by atoms with Crippen LogP contribution < -0.4 is 5.32 Å². The average molecular weight is 407 g/mol. The van der Waals surface area contributed by atoms with Crippen LogP contribution in [0.3, 0.4) is 0 Å². The number of likely N-dealkylation sites (N-methyl/N-ethyl adjacent to an activating group) is 1. The molecule has 30 heavy (non-hydrogen) atoms. The summed E-state index contributed by atoms with van der Waals surface area (Å²) >= 11 is 0. The van der Waals surface area contributed by atoms with Crippen molar-refractivity contribution < 1.29 is 14.5 Å². The summed E-state index contributed by atoms with van der Waals surface area (Å²) in [5.74, 6) is -0.649. The van der Waals surface area contributed by atoms with Crippen LogP contribution >= 0.6 is 0 Å². The Balaban J connectivity index is 2.08. The molecular formula is C23H25N3O4. The van der Waals surface area contributed by atoms with E-state index < -0.39 is 16.4 Å². The Hall–Kier alpha value is -3.48. The predicted molar refractivity (Wildman–Crippen MR) is 115 cm³/mol. The first kappa shape index (κ1) is 21.2. The summed E-state index contributed by atoms with van der Waals surface area (Å²) in [6.07, 6.45) is 0.795. The van der Waals surface area contributed by atoms with E-state index in [1.54, 1.807) is 33.0 Å². The fourth-order valence-electron chi connectivity index (χ4n) is 4.17. The van der Waals surface area contributed by atoms with E-state index in [9.17, 15) is 19.7 Å². The predicted octanol–water partition coefficient (Wildman–Crippen LogP) is 3.61. The van der Waals surface area contributed by atoms with Gasteiger partial charge in [0.2, 0.25) is 0 Å². The number of hydrogen-bond donors (Lipinski definition) is 1. The minimum atomic E-state index is -1.06. The number of carbonyl (C=O) groups excluding carboxylic acids is 2. The fraction of sp³-hybridized carbons (Fsp3) is 0.304. The molecule has 0 spiro atoms. The van der Waals surface area contributed by atoms with E-state index in [-0.39, 0.29) is 17.3 Å². The van der Waals surface area contributed by atoms with Gasteiger partial charge in [-0.1, -0.05) is 49.4 Å². The molecule has 1 saturated heterocycles. The smallest absolute Gasteiger partial charge is 0.277 e. The maximum absolute atomic E-state index is 13.4. The topological polar surface area (TPSA) is 92.5 Å². The van der Waals surface area contributed by atoms with Gasteiger partial charge in [0.15, 0.2) is 0 Å². The normalized spacial score (nSPS) is 20.7. The second-order valence-electron chi connectivity index (χ2n) is 7.62. The van der Waals surface area contributed by atoms with Crippen LogP contribution in [-0.2, 0) is 16.0 Å². The van der Waals surface area contributed by atoms with Crippen molar-refractivity contribution in [1.82, 2.24) is 10.2 Å². The molecule has 1 aliphatic rings. The SMILES string of the molecule is CCC1(Cc2ccccc2)NC(=O)C(=C(C)c2c(C)cccc2[N+](=O)[O-])N(C)C1=O. The first-order valence-electron chi connectivity index (χ1n) is 9.81. The molecule has 2 aromatic rings. The first-order chi connectivity index (χ1) is 14.2. The molecule has 1 atom stereocenters. The summed E-state index contributed by atoms with van der Waals surface area (Å²) in [5.41, 5.74) is 1.35. The van der Waals surface area contributed by atoms with E-state index in [1.807, 2.05) is 37.3 Å². The molecule has 0 aliphatic carbocycles. The molecule has 3 rings (SSSR count). The van der Waals surface area contributed by atoms with Gasteiger partial charge in [0.1, 0.15) is 11.2 Å². The zero-order valence-corrected chi connectivity index (χ0v) is 17.6. The number of piperazine rings is 1. The van der Waals surface area contributed by atoms with Crippen LogP contribution in [0.5, 0.6) is 0 Å². The molecule has 156 valence electrons. The van der Waals surface area contributed by atoms with E-state index in [0.29, 0.717) is 29.5 Å². The molecule has 0 radical (unpaired) electrons. The molecule has 2 aromatic carbocycles. The van der Waals surface area contributed by atoms with Crippen LogP contribution in [0, 0.1) is 17.0 Å². The van der Waals surface area contributed by atoms with Gasteiger partial charge in [-0.15, -0.1) is 0 Å². The maximum Gasteiger partial charge on any atom is 0.277 e. The minimum absolute atomic E-state index is 0.0923. The summed E-state index contributed by atoms with van der Waals surface area (Å²) in [7, 11) is 1.55. The lowest BCUT2D eigenvalue weighted by Crippen LogP contribution is -2.65. The lowest BCUT2D eigenvalue weighted by Gasteiger charge is -2.42. The zero-order chi connectivity index (χ0) is 22.1. The van der Waals surface area contributed by atoms with Crippen molar-refractivity contribution in [2.75, 3.05) is 7.05 Å². The maximum atomic E-state index is 13.4. The van der Waals surface area contributed by atoms with Crippen molar-refractivity contribution in [3.05, 3.63) is 81.0 Å². The Morgan fingerprint density at radius 2 is 1.80 bits per heavy atom. The van der Waals surface area contributed by atoms with Crippen molar-refractivity contribution in [2.45, 2.75) is 39.2 Å². The monoisotopic (exact) mass is 407 g/mol. The van der Waals surface area contributed by atoms with Crippen molar-refractivity contribution in [3.63, 3.8) is 0 Å². The second-order valence-corrected chi connectivity index (χ2v) is 7.62. The molecule has 2 amide bonds. The van der Waals surface area contributed by atoms with Gasteiger partial charge in [-0.25, -0.2) is 0 Å². The van der Waals surface area contributed by atoms with E-state index in [1.165, 1.54) is 11.0 Å². The van der Waals surface area contributed by atoms with Gasteiger partial charge in [-0.05, 0) is 37.0 Å². The van der Waals surface area contributed by atoms with E-state index >= 15 is 0 Å². The highest BCUT2D eigenvalue weighted by Gasteiger charge is 2.47. The molecule has 7 nitrogen and oxygen atoms in total. The molecule has 1 heterocycles. The molecule has 1 fully saturated rings. The Labute approximate surface area is 175 Å². The fourth-order valence-corrected chi connectivity index (χ4v) is 4.17. The number of amides is 2. The summed E-state index contributed by atoms with van der Waals surface area (Å²) in [6.45, 7) is 5.26. The third-order valence-electron chi connectivity index (χ3n) is 5.75. The lowest BCUT2D eigenvalue weighted by atomic mass is 9.83. The van der Waals surface area contributed by atoms with E-state index in [4.69, 9.17) is 0 Å². The molecule has 1 N–H and O–H groups in total. The standard InChI is InChI=1S/C23H25N3O4/c1-5-23(14-17-11-7-6-8-12-17)22(28)25(4)20(21(27)24-23)16(3)19-15(2)10-9-13-18(19)26(29)30/h6-13H,5,14H2,1-4H3,(H,24,27). The quantitative estimate of drug-likeness (QED) is 0.465. The Kier molecular flexibility index (Phi) is 5.73. The van der Waals surface area contributed by atoms with Gasteiger partial charge in [-0.3, -0.25) is 19.7 Å². The largest absolute Gasteiger partial charge is 0.336 e. The molecule has 0 bridgehead atoms. The highest BCUT2D eigenvalue weighted by Crippen LogP contribution is 2.35. The van der Waals surface area contributed by atoms with Gasteiger partial charge in [-0.2, -0.15) is 0 Å². The average Bonchev–Trinajstić information content (AvgIpc) is 2.72. The summed E-state index contributed by atoms with van der Waals surface area (Å²) in [4.78, 5) is 39.0. The Bertz CT molecular complexity index is 1050. The molecule has 1 aliphatic heterocycles. The van der Waals surface area contributed by atoms with Crippen LogP contribution in [0.15, 0.2) is 54.2 Å². The zero-order valence-electron chi connectivity index (χ0n) is 17.6. The number of hydrogen-bond acceptors (Lipinski definition) is 4. The van der Waals surface area contributed by atoms with Gasteiger partial charge in [0.05, 0.1) is 10.5 Å².